The molecule has 0 bridgehead atoms. The fourth-order valence-electron chi connectivity index (χ4n) is 2.49. The fourth-order valence-corrected chi connectivity index (χ4v) is 4.07. The number of benzene rings is 2. The molecule has 7 heteroatoms. The normalized spacial score (nSPS) is 11.2. The zero-order valence-electron chi connectivity index (χ0n) is 14.8. The molecular formula is C19H22ClNO4S. The number of hydrogen-bond acceptors (Lipinski definition) is 4. The molecule has 0 aliphatic carbocycles. The maximum Gasteiger partial charge on any atom is 0.221 e. The van der Waals surface area contributed by atoms with E-state index in [9.17, 15) is 13.2 Å². The van der Waals surface area contributed by atoms with Crippen LogP contribution < -0.4 is 10.1 Å². The van der Waals surface area contributed by atoms with Crippen molar-refractivity contribution in [3.63, 3.8) is 0 Å². The minimum absolute atomic E-state index is 0.0795. The number of rotatable bonds is 8. The lowest BCUT2D eigenvalue weighted by atomic mass is 10.1. The largest absolute Gasteiger partial charge is 0.495 e. The summed E-state index contributed by atoms with van der Waals surface area (Å²) in [6.45, 7) is 2.48. The van der Waals surface area contributed by atoms with Crippen LogP contribution in [-0.4, -0.2) is 33.7 Å². The summed E-state index contributed by atoms with van der Waals surface area (Å²) in [5.41, 5.74) is 2.30. The van der Waals surface area contributed by atoms with E-state index in [4.69, 9.17) is 16.3 Å². The summed E-state index contributed by atoms with van der Waals surface area (Å²) in [6, 6.07) is 12.3. The van der Waals surface area contributed by atoms with Crippen LogP contribution in [0.2, 0.25) is 5.02 Å². The number of nitrogens with one attached hydrogen (secondary N) is 1. The number of sulfone groups is 1. The van der Waals surface area contributed by atoms with Gasteiger partial charge in [0.15, 0.2) is 9.84 Å². The van der Waals surface area contributed by atoms with Gasteiger partial charge in [0.1, 0.15) is 5.75 Å². The zero-order valence-corrected chi connectivity index (χ0v) is 16.4. The quantitative estimate of drug-likeness (QED) is 0.745. The Morgan fingerprint density at radius 2 is 1.96 bits per heavy atom. The number of amides is 1. The first-order chi connectivity index (χ1) is 12.3. The van der Waals surface area contributed by atoms with Crippen LogP contribution in [0.1, 0.15) is 17.5 Å². The van der Waals surface area contributed by atoms with Gasteiger partial charge in [-0.25, -0.2) is 8.42 Å². The molecular weight excluding hydrogens is 374 g/mol. The predicted molar refractivity (Wildman–Crippen MR) is 103 cm³/mol. The summed E-state index contributed by atoms with van der Waals surface area (Å²) in [5, 5.41) is 2.97. The molecule has 140 valence electrons. The third-order valence-corrected chi connectivity index (χ3v) is 5.91. The average molecular weight is 396 g/mol. The van der Waals surface area contributed by atoms with E-state index in [1.165, 1.54) is 25.3 Å². The summed E-state index contributed by atoms with van der Waals surface area (Å²) in [6.07, 6.45) is 0.605. The van der Waals surface area contributed by atoms with Crippen molar-refractivity contribution in [3.8, 4) is 5.75 Å². The van der Waals surface area contributed by atoms with Crippen molar-refractivity contribution in [2.45, 2.75) is 24.7 Å². The molecule has 0 radical (unpaired) electrons. The Hall–Kier alpha value is -2.05. The maximum absolute atomic E-state index is 12.3. The summed E-state index contributed by atoms with van der Waals surface area (Å²) in [7, 11) is -2.13. The Morgan fingerprint density at radius 3 is 2.62 bits per heavy atom. The van der Waals surface area contributed by atoms with Crippen LogP contribution in [0.3, 0.4) is 0 Å². The second kappa shape index (κ2) is 9.05. The first-order valence-corrected chi connectivity index (χ1v) is 10.2. The topological polar surface area (TPSA) is 72.5 Å². The summed E-state index contributed by atoms with van der Waals surface area (Å²) in [4.78, 5) is 12.0. The van der Waals surface area contributed by atoms with Crippen LogP contribution in [0.25, 0.3) is 0 Å². The highest BCUT2D eigenvalue weighted by Gasteiger charge is 2.18. The average Bonchev–Trinajstić information content (AvgIpc) is 2.60. The van der Waals surface area contributed by atoms with E-state index in [2.05, 4.69) is 11.4 Å². The van der Waals surface area contributed by atoms with Gasteiger partial charge in [-0.3, -0.25) is 4.79 Å². The van der Waals surface area contributed by atoms with Crippen LogP contribution in [-0.2, 0) is 21.1 Å². The number of aryl methyl sites for hydroxylation is 1. The van der Waals surface area contributed by atoms with Gasteiger partial charge in [-0.05, 0) is 37.1 Å². The lowest BCUT2D eigenvalue weighted by molar-refractivity contribution is -0.120. The van der Waals surface area contributed by atoms with Gasteiger partial charge in [0, 0.05) is 13.0 Å². The van der Waals surface area contributed by atoms with Crippen molar-refractivity contribution in [1.82, 2.24) is 5.32 Å². The van der Waals surface area contributed by atoms with Gasteiger partial charge in [0.05, 0.1) is 22.8 Å². The van der Waals surface area contributed by atoms with Crippen molar-refractivity contribution in [3.05, 3.63) is 58.6 Å². The molecule has 0 unspecified atom stereocenters. The first kappa shape index (κ1) is 20.3. The number of carbonyl (C=O) groups excluding carboxylic acids is 1. The molecule has 0 aliphatic rings. The second-order valence-corrected chi connectivity index (χ2v) is 8.47. The first-order valence-electron chi connectivity index (χ1n) is 8.20. The van der Waals surface area contributed by atoms with Crippen molar-refractivity contribution in [2.75, 3.05) is 19.4 Å². The molecule has 2 aromatic carbocycles. The SMILES string of the molecule is COc1ccc(S(=O)(=O)CCC(=O)NCCc2cccc(C)c2)cc1Cl. The zero-order chi connectivity index (χ0) is 19.2. The second-order valence-electron chi connectivity index (χ2n) is 5.95. The Bertz CT molecular complexity index is 881. The third kappa shape index (κ3) is 5.75. The predicted octanol–water partition coefficient (Wildman–Crippen LogP) is 3.18. The lowest BCUT2D eigenvalue weighted by Crippen LogP contribution is -2.27. The molecule has 0 heterocycles. The Morgan fingerprint density at radius 1 is 1.19 bits per heavy atom. The molecule has 0 aliphatic heterocycles. The third-order valence-electron chi connectivity index (χ3n) is 3.90. The number of methoxy groups -OCH3 is 1. The number of carbonyl (C=O) groups is 1. The Balaban J connectivity index is 1.84. The summed E-state index contributed by atoms with van der Waals surface area (Å²) in [5.74, 6) is -0.160. The Labute approximate surface area is 159 Å². The maximum atomic E-state index is 12.3. The van der Waals surface area contributed by atoms with Gasteiger partial charge in [-0.1, -0.05) is 41.4 Å². The van der Waals surface area contributed by atoms with Gasteiger partial charge in [0.25, 0.3) is 0 Å². The number of halogens is 1. The van der Waals surface area contributed by atoms with Crippen LogP contribution in [0, 0.1) is 6.92 Å². The molecule has 5 nitrogen and oxygen atoms in total. The van der Waals surface area contributed by atoms with Gasteiger partial charge in [0.2, 0.25) is 5.91 Å². The molecule has 2 aromatic rings. The molecule has 0 atom stereocenters. The van der Waals surface area contributed by atoms with E-state index in [1.54, 1.807) is 0 Å². The molecule has 1 amide bonds. The van der Waals surface area contributed by atoms with E-state index in [0.717, 1.165) is 11.1 Å². The molecule has 0 fully saturated rings. The van der Waals surface area contributed by atoms with E-state index >= 15 is 0 Å². The molecule has 26 heavy (non-hydrogen) atoms. The molecule has 0 spiro atoms. The molecule has 0 saturated carbocycles. The standard InChI is InChI=1S/C19H22ClNO4S/c1-14-4-3-5-15(12-14)8-10-21-19(22)9-11-26(23,24)16-6-7-18(25-2)17(20)13-16/h3-7,12-13H,8-11H2,1-2H3,(H,21,22). The van der Waals surface area contributed by atoms with E-state index < -0.39 is 9.84 Å². The fraction of sp³-hybridized carbons (Fsp3) is 0.316. The molecule has 0 saturated heterocycles. The van der Waals surface area contributed by atoms with Crippen molar-refractivity contribution >= 4 is 27.3 Å². The monoisotopic (exact) mass is 395 g/mol. The van der Waals surface area contributed by atoms with E-state index in [0.29, 0.717) is 18.7 Å². The number of hydrogen-bond donors (Lipinski definition) is 1. The van der Waals surface area contributed by atoms with Gasteiger partial charge in [-0.15, -0.1) is 0 Å². The van der Waals surface area contributed by atoms with E-state index in [1.807, 2.05) is 25.1 Å². The van der Waals surface area contributed by atoms with Crippen LogP contribution in [0.5, 0.6) is 5.75 Å². The highest BCUT2D eigenvalue weighted by molar-refractivity contribution is 7.91. The molecule has 2 rings (SSSR count). The highest BCUT2D eigenvalue weighted by Crippen LogP contribution is 2.27. The van der Waals surface area contributed by atoms with Crippen molar-refractivity contribution < 1.29 is 17.9 Å². The minimum Gasteiger partial charge on any atom is -0.495 e. The van der Waals surface area contributed by atoms with Crippen LogP contribution in [0.15, 0.2) is 47.4 Å². The van der Waals surface area contributed by atoms with E-state index in [-0.39, 0.29) is 28.0 Å². The van der Waals surface area contributed by atoms with Crippen LogP contribution >= 0.6 is 11.6 Å². The van der Waals surface area contributed by atoms with Crippen molar-refractivity contribution in [2.24, 2.45) is 0 Å². The smallest absolute Gasteiger partial charge is 0.221 e. The van der Waals surface area contributed by atoms with Crippen molar-refractivity contribution in [1.29, 1.82) is 0 Å². The minimum atomic E-state index is -3.59. The Kier molecular flexibility index (Phi) is 7.06. The molecule has 0 aromatic heterocycles. The van der Waals surface area contributed by atoms with Gasteiger partial charge in [-0.2, -0.15) is 0 Å². The molecule has 1 N–H and O–H groups in total. The van der Waals surface area contributed by atoms with Gasteiger partial charge < -0.3 is 10.1 Å². The summed E-state index contributed by atoms with van der Waals surface area (Å²) >= 11 is 5.97. The van der Waals surface area contributed by atoms with Gasteiger partial charge >= 0.3 is 0 Å². The number of ether oxygens (including phenoxy) is 1. The van der Waals surface area contributed by atoms with Crippen LogP contribution in [0.4, 0.5) is 0 Å². The summed E-state index contributed by atoms with van der Waals surface area (Å²) < 4.78 is 29.7. The lowest BCUT2D eigenvalue weighted by Gasteiger charge is -2.08. The highest BCUT2D eigenvalue weighted by atomic mass is 35.5.